The first kappa shape index (κ1) is 15.3. The molecular formula is C17H16N2O3S. The van der Waals surface area contributed by atoms with Crippen LogP contribution >= 0.6 is 11.3 Å². The number of hydrogen-bond donors (Lipinski definition) is 1. The fraction of sp³-hybridized carbons (Fsp3) is 0.176. The van der Waals surface area contributed by atoms with Gasteiger partial charge in [0.1, 0.15) is 23.1 Å². The second-order valence-electron chi connectivity index (χ2n) is 4.94. The van der Waals surface area contributed by atoms with Crippen LogP contribution in [0.3, 0.4) is 0 Å². The zero-order chi connectivity index (χ0) is 16.2. The highest BCUT2D eigenvalue weighted by molar-refractivity contribution is 7.18. The largest absolute Gasteiger partial charge is 0.497 e. The Hall–Kier alpha value is -2.60. The average Bonchev–Trinajstić information content (AvgIpc) is 2.95. The van der Waals surface area contributed by atoms with Crippen LogP contribution in [0.1, 0.15) is 11.9 Å². The van der Waals surface area contributed by atoms with Gasteiger partial charge in [0.2, 0.25) is 5.91 Å². The Morgan fingerprint density at radius 1 is 1.17 bits per heavy atom. The molecule has 0 aliphatic rings. The van der Waals surface area contributed by atoms with Crippen molar-refractivity contribution in [2.24, 2.45) is 0 Å². The summed E-state index contributed by atoms with van der Waals surface area (Å²) in [6, 6.07) is 13.1. The Morgan fingerprint density at radius 2 is 1.91 bits per heavy atom. The summed E-state index contributed by atoms with van der Waals surface area (Å²) in [5.74, 6) is 1.43. The molecule has 0 aliphatic heterocycles. The molecule has 23 heavy (non-hydrogen) atoms. The second-order valence-corrected chi connectivity index (χ2v) is 6.05. The summed E-state index contributed by atoms with van der Waals surface area (Å²) in [4.78, 5) is 15.5. The third-order valence-electron chi connectivity index (χ3n) is 3.18. The van der Waals surface area contributed by atoms with E-state index < -0.39 is 0 Å². The topological polar surface area (TPSA) is 60.5 Å². The SMILES string of the molecule is COc1ccc2sc(COc3ccc(NC(C)=O)cc3)nc2c1. The first-order chi connectivity index (χ1) is 11.1. The van der Waals surface area contributed by atoms with Crippen molar-refractivity contribution >= 4 is 33.1 Å². The first-order valence-electron chi connectivity index (χ1n) is 7.08. The number of nitrogens with one attached hydrogen (secondary N) is 1. The molecule has 0 bridgehead atoms. The lowest BCUT2D eigenvalue weighted by molar-refractivity contribution is -0.114. The molecule has 0 atom stereocenters. The summed E-state index contributed by atoms with van der Waals surface area (Å²) in [6.07, 6.45) is 0. The fourth-order valence-electron chi connectivity index (χ4n) is 2.13. The number of hydrogen-bond acceptors (Lipinski definition) is 5. The van der Waals surface area contributed by atoms with Gasteiger partial charge in [-0.05, 0) is 36.4 Å². The number of amides is 1. The van der Waals surface area contributed by atoms with Crippen molar-refractivity contribution in [3.05, 3.63) is 47.5 Å². The molecule has 1 heterocycles. The van der Waals surface area contributed by atoms with Crippen molar-refractivity contribution in [1.29, 1.82) is 0 Å². The van der Waals surface area contributed by atoms with Gasteiger partial charge in [-0.2, -0.15) is 0 Å². The number of rotatable bonds is 5. The Bertz CT molecular complexity index is 827. The Balaban J connectivity index is 1.66. The number of carbonyl (C=O) groups is 1. The van der Waals surface area contributed by atoms with Crippen molar-refractivity contribution in [1.82, 2.24) is 4.98 Å². The molecule has 5 nitrogen and oxygen atoms in total. The number of thiazole rings is 1. The third kappa shape index (κ3) is 3.78. The van der Waals surface area contributed by atoms with E-state index in [1.54, 1.807) is 30.6 Å². The van der Waals surface area contributed by atoms with Crippen molar-refractivity contribution in [3.63, 3.8) is 0 Å². The van der Waals surface area contributed by atoms with Gasteiger partial charge in [-0.15, -0.1) is 11.3 Å². The van der Waals surface area contributed by atoms with E-state index in [-0.39, 0.29) is 5.91 Å². The predicted octanol–water partition coefficient (Wildman–Crippen LogP) is 3.84. The maximum absolute atomic E-state index is 11.0. The standard InChI is InChI=1S/C17H16N2O3S/c1-11(20)18-12-3-5-13(6-4-12)22-10-17-19-15-9-14(21-2)7-8-16(15)23-17/h3-9H,10H2,1-2H3,(H,18,20). The van der Waals surface area contributed by atoms with Crippen LogP contribution in [0.15, 0.2) is 42.5 Å². The van der Waals surface area contributed by atoms with E-state index in [1.165, 1.54) is 6.92 Å². The number of fused-ring (bicyclic) bond motifs is 1. The molecule has 0 unspecified atom stereocenters. The molecule has 0 radical (unpaired) electrons. The van der Waals surface area contributed by atoms with Crippen molar-refractivity contribution in [2.45, 2.75) is 13.5 Å². The van der Waals surface area contributed by atoms with E-state index in [0.29, 0.717) is 6.61 Å². The zero-order valence-corrected chi connectivity index (χ0v) is 13.6. The van der Waals surface area contributed by atoms with Gasteiger partial charge in [0.15, 0.2) is 0 Å². The third-order valence-corrected chi connectivity index (χ3v) is 4.19. The molecule has 118 valence electrons. The van der Waals surface area contributed by atoms with Crippen LogP contribution in [0, 0.1) is 0 Å². The number of aromatic nitrogens is 1. The maximum atomic E-state index is 11.0. The molecular weight excluding hydrogens is 312 g/mol. The molecule has 1 N–H and O–H groups in total. The van der Waals surface area contributed by atoms with Crippen molar-refractivity contribution in [3.8, 4) is 11.5 Å². The van der Waals surface area contributed by atoms with Gasteiger partial charge in [0.05, 0.1) is 17.3 Å². The monoisotopic (exact) mass is 328 g/mol. The molecule has 0 fully saturated rings. The molecule has 0 aliphatic carbocycles. The van der Waals surface area contributed by atoms with E-state index in [2.05, 4.69) is 10.3 Å². The van der Waals surface area contributed by atoms with Gasteiger partial charge in [-0.25, -0.2) is 4.98 Å². The summed E-state index contributed by atoms with van der Waals surface area (Å²) in [7, 11) is 1.64. The highest BCUT2D eigenvalue weighted by Gasteiger charge is 2.06. The maximum Gasteiger partial charge on any atom is 0.221 e. The van der Waals surface area contributed by atoms with Gasteiger partial charge >= 0.3 is 0 Å². The molecule has 1 aromatic heterocycles. The summed E-state index contributed by atoms with van der Waals surface area (Å²) in [5.41, 5.74) is 1.66. The van der Waals surface area contributed by atoms with Crippen LogP contribution in [-0.4, -0.2) is 18.0 Å². The highest BCUT2D eigenvalue weighted by Crippen LogP contribution is 2.27. The second kappa shape index (κ2) is 6.66. The number of nitrogens with zero attached hydrogens (tertiary/aromatic N) is 1. The van der Waals surface area contributed by atoms with Crippen LogP contribution in [0.2, 0.25) is 0 Å². The summed E-state index contributed by atoms with van der Waals surface area (Å²) in [6.45, 7) is 1.88. The zero-order valence-electron chi connectivity index (χ0n) is 12.8. The molecule has 2 aromatic carbocycles. The molecule has 0 spiro atoms. The molecule has 0 saturated heterocycles. The lowest BCUT2D eigenvalue weighted by Crippen LogP contribution is -2.05. The molecule has 0 saturated carbocycles. The Morgan fingerprint density at radius 3 is 2.61 bits per heavy atom. The van der Waals surface area contributed by atoms with Crippen molar-refractivity contribution in [2.75, 3.05) is 12.4 Å². The van der Waals surface area contributed by atoms with Gasteiger partial charge in [0.25, 0.3) is 0 Å². The quantitative estimate of drug-likeness (QED) is 0.773. The summed E-state index contributed by atoms with van der Waals surface area (Å²) < 4.78 is 12.0. The lowest BCUT2D eigenvalue weighted by atomic mass is 10.3. The molecule has 3 rings (SSSR count). The lowest BCUT2D eigenvalue weighted by Gasteiger charge is -2.05. The minimum atomic E-state index is -0.0939. The number of carbonyl (C=O) groups excluding carboxylic acids is 1. The smallest absolute Gasteiger partial charge is 0.221 e. The molecule has 3 aromatic rings. The number of methoxy groups -OCH3 is 1. The first-order valence-corrected chi connectivity index (χ1v) is 7.89. The Labute approximate surface area is 137 Å². The molecule has 6 heteroatoms. The van der Waals surface area contributed by atoms with Crippen molar-refractivity contribution < 1.29 is 14.3 Å². The minimum Gasteiger partial charge on any atom is -0.497 e. The van der Waals surface area contributed by atoms with Crippen LogP contribution < -0.4 is 14.8 Å². The Kier molecular flexibility index (Phi) is 4.43. The predicted molar refractivity (Wildman–Crippen MR) is 91.2 cm³/mol. The van der Waals surface area contributed by atoms with Gasteiger partial charge in [0, 0.05) is 18.7 Å². The van der Waals surface area contributed by atoms with Crippen LogP contribution in [0.5, 0.6) is 11.5 Å². The number of ether oxygens (including phenoxy) is 2. The van der Waals surface area contributed by atoms with E-state index in [4.69, 9.17) is 9.47 Å². The van der Waals surface area contributed by atoms with E-state index >= 15 is 0 Å². The van der Waals surface area contributed by atoms with Gasteiger partial charge in [-0.3, -0.25) is 4.79 Å². The minimum absolute atomic E-state index is 0.0939. The number of anilines is 1. The summed E-state index contributed by atoms with van der Waals surface area (Å²) in [5, 5.41) is 3.62. The van der Waals surface area contributed by atoms with Gasteiger partial charge < -0.3 is 14.8 Å². The highest BCUT2D eigenvalue weighted by atomic mass is 32.1. The molecule has 1 amide bonds. The van der Waals surface area contributed by atoms with Crippen LogP contribution in [0.4, 0.5) is 5.69 Å². The van der Waals surface area contributed by atoms with E-state index in [1.807, 2.05) is 30.3 Å². The van der Waals surface area contributed by atoms with Crippen LogP contribution in [-0.2, 0) is 11.4 Å². The van der Waals surface area contributed by atoms with Gasteiger partial charge in [-0.1, -0.05) is 0 Å². The van der Waals surface area contributed by atoms with E-state index in [9.17, 15) is 4.79 Å². The normalized spacial score (nSPS) is 10.5. The average molecular weight is 328 g/mol. The summed E-state index contributed by atoms with van der Waals surface area (Å²) >= 11 is 1.60. The fourth-order valence-corrected chi connectivity index (χ4v) is 2.99. The van der Waals surface area contributed by atoms with Crippen LogP contribution in [0.25, 0.3) is 10.2 Å². The number of benzene rings is 2. The van der Waals surface area contributed by atoms with E-state index in [0.717, 1.165) is 32.4 Å².